The average Bonchev–Trinajstić information content (AvgIpc) is 3.09. The van der Waals surface area contributed by atoms with E-state index in [0.29, 0.717) is 10.6 Å². The molecular formula is C16H9Cl2N3O5. The Kier molecular flexibility index (Phi) is 5.15. The summed E-state index contributed by atoms with van der Waals surface area (Å²) in [6.45, 7) is -0.271. The van der Waals surface area contributed by atoms with Crippen LogP contribution in [0.1, 0.15) is 16.2 Å². The number of carbonyl (C=O) groups excluding carboxylic acids is 1. The molecule has 0 radical (unpaired) electrons. The number of aromatic nitrogens is 2. The fraction of sp³-hybridized carbons (Fsp3) is 0.0625. The van der Waals surface area contributed by atoms with E-state index in [0.717, 1.165) is 12.1 Å². The highest BCUT2D eigenvalue weighted by molar-refractivity contribution is 6.33. The lowest BCUT2D eigenvalue weighted by atomic mass is 10.2. The maximum absolute atomic E-state index is 12.1. The van der Waals surface area contributed by atoms with Gasteiger partial charge in [-0.1, -0.05) is 23.2 Å². The molecule has 1 aromatic heterocycles. The zero-order chi connectivity index (χ0) is 18.7. The van der Waals surface area contributed by atoms with Gasteiger partial charge < -0.3 is 9.15 Å². The zero-order valence-corrected chi connectivity index (χ0v) is 14.4. The Morgan fingerprint density at radius 2 is 1.88 bits per heavy atom. The molecule has 1 heterocycles. The van der Waals surface area contributed by atoms with Crippen LogP contribution < -0.4 is 0 Å². The minimum absolute atomic E-state index is 0.00490. The lowest BCUT2D eigenvalue weighted by Gasteiger charge is -2.04. The Labute approximate surface area is 156 Å². The first-order chi connectivity index (χ1) is 12.4. The predicted molar refractivity (Wildman–Crippen MR) is 92.0 cm³/mol. The smallest absolute Gasteiger partial charge is 0.340 e. The van der Waals surface area contributed by atoms with Gasteiger partial charge in [-0.2, -0.15) is 0 Å². The van der Waals surface area contributed by atoms with Crippen molar-refractivity contribution in [2.75, 3.05) is 0 Å². The molecule has 0 fully saturated rings. The summed E-state index contributed by atoms with van der Waals surface area (Å²) in [4.78, 5) is 22.1. The largest absolute Gasteiger partial charge is 0.452 e. The molecule has 0 aliphatic rings. The molecule has 3 aromatic rings. The van der Waals surface area contributed by atoms with E-state index in [9.17, 15) is 14.9 Å². The van der Waals surface area contributed by atoms with Gasteiger partial charge in [0.2, 0.25) is 5.89 Å². The number of nitro groups is 1. The highest BCUT2D eigenvalue weighted by atomic mass is 35.5. The molecule has 3 rings (SSSR count). The molecule has 0 unspecified atom stereocenters. The summed E-state index contributed by atoms with van der Waals surface area (Å²) in [6.07, 6.45) is 0. The fourth-order valence-corrected chi connectivity index (χ4v) is 2.39. The zero-order valence-electron chi connectivity index (χ0n) is 12.9. The van der Waals surface area contributed by atoms with Gasteiger partial charge >= 0.3 is 5.97 Å². The summed E-state index contributed by atoms with van der Waals surface area (Å²) >= 11 is 11.7. The van der Waals surface area contributed by atoms with Crippen LogP contribution in [0.5, 0.6) is 0 Å². The summed E-state index contributed by atoms with van der Waals surface area (Å²) in [6, 6.07) is 10.2. The standard InChI is InChI=1S/C16H9Cl2N3O5/c17-10-3-1-9(2-4-10)15-20-19-14(26-15)8-25-16(22)12-6-5-11(21(23)24)7-13(12)18/h1-7H,8H2. The van der Waals surface area contributed by atoms with Gasteiger partial charge in [0.05, 0.1) is 15.5 Å². The normalized spacial score (nSPS) is 10.5. The molecule has 0 amide bonds. The van der Waals surface area contributed by atoms with Crippen molar-refractivity contribution in [2.45, 2.75) is 6.61 Å². The second-order valence-corrected chi connectivity index (χ2v) is 5.85. The van der Waals surface area contributed by atoms with Crippen molar-refractivity contribution in [3.8, 4) is 11.5 Å². The minimum Gasteiger partial charge on any atom is -0.452 e. The topological polar surface area (TPSA) is 108 Å². The Morgan fingerprint density at radius 1 is 1.15 bits per heavy atom. The molecule has 0 saturated carbocycles. The van der Waals surface area contributed by atoms with Crippen LogP contribution in [0, 0.1) is 10.1 Å². The van der Waals surface area contributed by atoms with E-state index in [-0.39, 0.29) is 34.7 Å². The van der Waals surface area contributed by atoms with Gasteiger partial charge in [-0.15, -0.1) is 10.2 Å². The Hall–Kier alpha value is -2.97. The lowest BCUT2D eigenvalue weighted by Crippen LogP contribution is -2.06. The van der Waals surface area contributed by atoms with E-state index >= 15 is 0 Å². The number of ether oxygens (including phenoxy) is 1. The van der Waals surface area contributed by atoms with E-state index in [1.54, 1.807) is 24.3 Å². The van der Waals surface area contributed by atoms with Gasteiger partial charge in [-0.3, -0.25) is 10.1 Å². The van der Waals surface area contributed by atoms with Gasteiger partial charge in [0.1, 0.15) is 0 Å². The van der Waals surface area contributed by atoms with Gasteiger partial charge in [0.25, 0.3) is 11.6 Å². The molecule has 2 aromatic carbocycles. The summed E-state index contributed by atoms with van der Waals surface area (Å²) < 4.78 is 10.5. The number of nitrogens with zero attached hydrogens (tertiary/aromatic N) is 3. The predicted octanol–water partition coefficient (Wildman–Crippen LogP) is 4.31. The molecule has 0 aliphatic heterocycles. The van der Waals surface area contributed by atoms with Crippen LogP contribution in [-0.4, -0.2) is 21.1 Å². The Morgan fingerprint density at radius 3 is 2.54 bits per heavy atom. The number of non-ortho nitro benzene ring substituents is 1. The SMILES string of the molecule is O=C(OCc1nnc(-c2ccc(Cl)cc2)o1)c1ccc([N+](=O)[O-])cc1Cl. The third kappa shape index (κ3) is 3.98. The number of halogens is 2. The molecule has 8 nitrogen and oxygen atoms in total. The Balaban J connectivity index is 1.67. The molecule has 26 heavy (non-hydrogen) atoms. The van der Waals surface area contributed by atoms with Gasteiger partial charge in [-0.25, -0.2) is 4.79 Å². The quantitative estimate of drug-likeness (QED) is 0.360. The maximum atomic E-state index is 12.1. The summed E-state index contributed by atoms with van der Waals surface area (Å²) in [5.74, 6) is -0.432. The van der Waals surface area contributed by atoms with Crippen LogP contribution in [0.15, 0.2) is 46.9 Å². The van der Waals surface area contributed by atoms with E-state index in [4.69, 9.17) is 32.4 Å². The highest BCUT2D eigenvalue weighted by Gasteiger charge is 2.17. The monoisotopic (exact) mass is 393 g/mol. The molecule has 0 aliphatic carbocycles. The van der Waals surface area contributed by atoms with Gasteiger partial charge in [-0.05, 0) is 30.3 Å². The summed E-state index contributed by atoms with van der Waals surface area (Å²) in [5, 5.41) is 18.8. The highest BCUT2D eigenvalue weighted by Crippen LogP contribution is 2.24. The molecule has 0 N–H and O–H groups in total. The maximum Gasteiger partial charge on any atom is 0.340 e. The number of carbonyl (C=O) groups is 1. The van der Waals surface area contributed by atoms with Crippen molar-refractivity contribution in [3.63, 3.8) is 0 Å². The van der Waals surface area contributed by atoms with E-state index < -0.39 is 10.9 Å². The van der Waals surface area contributed by atoms with Crippen molar-refractivity contribution in [2.24, 2.45) is 0 Å². The van der Waals surface area contributed by atoms with Crippen LogP contribution >= 0.6 is 23.2 Å². The van der Waals surface area contributed by atoms with Crippen molar-refractivity contribution in [1.29, 1.82) is 0 Å². The summed E-state index contributed by atoms with van der Waals surface area (Å²) in [5.41, 5.74) is 0.434. The van der Waals surface area contributed by atoms with Gasteiger partial charge in [0, 0.05) is 22.7 Å². The summed E-state index contributed by atoms with van der Waals surface area (Å²) in [7, 11) is 0. The van der Waals surface area contributed by atoms with E-state index in [1.165, 1.54) is 6.07 Å². The molecule has 10 heteroatoms. The minimum atomic E-state index is -0.767. The second kappa shape index (κ2) is 7.51. The first-order valence-corrected chi connectivity index (χ1v) is 7.89. The van der Waals surface area contributed by atoms with E-state index in [2.05, 4.69) is 10.2 Å². The van der Waals surface area contributed by atoms with Crippen LogP contribution in [-0.2, 0) is 11.3 Å². The molecule has 0 atom stereocenters. The van der Waals surface area contributed by atoms with Crippen molar-refractivity contribution in [3.05, 3.63) is 74.1 Å². The average molecular weight is 394 g/mol. The van der Waals surface area contributed by atoms with Crippen LogP contribution in [0.3, 0.4) is 0 Å². The van der Waals surface area contributed by atoms with Crippen molar-refractivity contribution in [1.82, 2.24) is 10.2 Å². The van der Waals surface area contributed by atoms with Gasteiger partial charge in [0.15, 0.2) is 6.61 Å². The number of hydrogen-bond donors (Lipinski definition) is 0. The third-order valence-corrected chi connectivity index (χ3v) is 3.83. The molecule has 132 valence electrons. The number of rotatable bonds is 5. The molecule has 0 bridgehead atoms. The van der Waals surface area contributed by atoms with Crippen LogP contribution in [0.2, 0.25) is 10.0 Å². The Bertz CT molecular complexity index is 972. The van der Waals surface area contributed by atoms with E-state index in [1.807, 2.05) is 0 Å². The van der Waals surface area contributed by atoms with Crippen LogP contribution in [0.4, 0.5) is 5.69 Å². The lowest BCUT2D eigenvalue weighted by molar-refractivity contribution is -0.384. The van der Waals surface area contributed by atoms with Crippen LogP contribution in [0.25, 0.3) is 11.5 Å². The third-order valence-electron chi connectivity index (χ3n) is 3.27. The second-order valence-electron chi connectivity index (χ2n) is 5.01. The number of hydrogen-bond acceptors (Lipinski definition) is 7. The molecule has 0 spiro atoms. The number of benzene rings is 2. The molecule has 0 saturated heterocycles. The molecular weight excluding hydrogens is 385 g/mol. The number of nitro benzene ring substituents is 1. The fourth-order valence-electron chi connectivity index (χ4n) is 2.01. The first kappa shape index (κ1) is 17.8. The van der Waals surface area contributed by atoms with Crippen molar-refractivity contribution < 1.29 is 18.9 Å². The van der Waals surface area contributed by atoms with Crippen molar-refractivity contribution >= 4 is 34.9 Å². The first-order valence-electron chi connectivity index (χ1n) is 7.13. The number of esters is 1.